The highest BCUT2D eigenvalue weighted by molar-refractivity contribution is 7.60. The molecule has 0 aliphatic carbocycles. The van der Waals surface area contributed by atoms with Gasteiger partial charge >= 0.3 is 21.6 Å². The van der Waals surface area contributed by atoms with Crippen LogP contribution >= 0.6 is 27.0 Å². The number of halogens is 1. The van der Waals surface area contributed by atoms with Crippen LogP contribution in [0, 0.1) is 13.8 Å². The second-order valence-corrected chi connectivity index (χ2v) is 9.94. The van der Waals surface area contributed by atoms with Gasteiger partial charge in [0.05, 0.1) is 17.0 Å². The number of rotatable bonds is 9. The molecule has 0 fully saturated rings. The van der Waals surface area contributed by atoms with Crippen molar-refractivity contribution in [3.8, 4) is 0 Å². The number of phosphoric ester groups is 1. The minimum Gasteiger partial charge on any atom is -1.00 e. The fraction of sp³-hybridized carbons (Fsp3) is 0.400. The molecule has 2 aromatic rings. The average molecular weight is 549 g/mol. The Morgan fingerprint density at radius 2 is 1.82 bits per heavy atom. The molecule has 14 nitrogen and oxygen atoms in total. The van der Waals surface area contributed by atoms with Gasteiger partial charge in [-0.25, -0.2) is 23.9 Å². The molecule has 2 rings (SSSR count). The topological polar surface area (TPSA) is 223 Å². The number of thiazole rings is 1. The van der Waals surface area contributed by atoms with E-state index >= 15 is 0 Å². The Morgan fingerprint density at radius 3 is 2.30 bits per heavy atom. The summed E-state index contributed by atoms with van der Waals surface area (Å²) in [5, 5.41) is 7.64. The van der Waals surface area contributed by atoms with Crippen LogP contribution in [0.5, 0.6) is 0 Å². The van der Waals surface area contributed by atoms with Crippen LogP contribution in [-0.4, -0.2) is 48.1 Å². The molecule has 0 saturated carbocycles. The first-order valence-electron chi connectivity index (χ1n) is 8.63. The number of aryl methyl sites for hydroxylation is 1. The number of phosphoric acid groups is 2. The van der Waals surface area contributed by atoms with Gasteiger partial charge in [0.15, 0.2) is 12.2 Å². The van der Waals surface area contributed by atoms with Crippen molar-refractivity contribution in [3.63, 3.8) is 0 Å². The van der Waals surface area contributed by atoms with Gasteiger partial charge in [-0.15, -0.1) is 0 Å². The third kappa shape index (κ3) is 11.8. The number of anilines is 1. The maximum atomic E-state index is 11.4. The number of aliphatic carboxylic acids is 1. The molecule has 186 valence electrons. The number of nitrogens with two attached hydrogens (primary N) is 1. The minimum atomic E-state index is -5.12. The molecule has 0 spiro atoms. The summed E-state index contributed by atoms with van der Waals surface area (Å²) in [4.78, 5) is 54.3. The largest absolute Gasteiger partial charge is 1.00 e. The number of hydrogen-bond acceptors (Lipinski definition) is 10. The second-order valence-electron chi connectivity index (χ2n) is 6.17. The SMILES string of the molecule is CC(=O)C(=O)O.Cc1ncc(C[n+]2csc(CCOP(=O)(O)OP(=O)(O)O)c2C)c(N)n1.[Cl-]. The van der Waals surface area contributed by atoms with Gasteiger partial charge in [-0.05, 0) is 6.92 Å². The molecule has 2 heterocycles. The fourth-order valence-electron chi connectivity index (χ4n) is 2.08. The third-order valence-electron chi connectivity index (χ3n) is 3.61. The maximum absolute atomic E-state index is 11.4. The van der Waals surface area contributed by atoms with Crippen molar-refractivity contribution in [2.45, 2.75) is 33.7 Å². The van der Waals surface area contributed by atoms with E-state index in [1.165, 1.54) is 11.3 Å². The number of carbonyl (C=O) groups is 2. The van der Waals surface area contributed by atoms with Crippen molar-refractivity contribution >= 4 is 44.6 Å². The summed E-state index contributed by atoms with van der Waals surface area (Å²) in [5.41, 5.74) is 9.40. The molecule has 0 radical (unpaired) electrons. The van der Waals surface area contributed by atoms with E-state index in [0.29, 0.717) is 18.2 Å². The zero-order valence-corrected chi connectivity index (χ0v) is 21.0. The number of carboxylic acid groups (broad SMARTS) is 1. The Bertz CT molecular complexity index is 1060. The van der Waals surface area contributed by atoms with Crippen LogP contribution in [0.3, 0.4) is 0 Å². The first kappa shape index (κ1) is 31.2. The highest BCUT2D eigenvalue weighted by Crippen LogP contribution is 2.57. The molecule has 0 saturated heterocycles. The monoisotopic (exact) mass is 548 g/mol. The molecular weight excluding hydrogens is 526 g/mol. The summed E-state index contributed by atoms with van der Waals surface area (Å²) in [7, 11) is -9.94. The van der Waals surface area contributed by atoms with E-state index in [0.717, 1.165) is 23.1 Å². The van der Waals surface area contributed by atoms with Crippen LogP contribution in [0.15, 0.2) is 11.7 Å². The van der Waals surface area contributed by atoms with E-state index in [-0.39, 0.29) is 25.4 Å². The van der Waals surface area contributed by atoms with E-state index in [9.17, 15) is 23.6 Å². The van der Waals surface area contributed by atoms with Crippen molar-refractivity contribution < 1.29 is 64.3 Å². The van der Waals surface area contributed by atoms with Crippen LogP contribution < -0.4 is 22.7 Å². The zero-order valence-electron chi connectivity index (χ0n) is 17.6. The van der Waals surface area contributed by atoms with Crippen molar-refractivity contribution in [3.05, 3.63) is 33.7 Å². The Kier molecular flexibility index (Phi) is 12.5. The Labute approximate surface area is 198 Å². The normalized spacial score (nSPS) is 12.7. The molecular formula is C15H23ClN4O10P2S. The quantitative estimate of drug-likeness (QED) is 0.124. The second kappa shape index (κ2) is 13.2. The molecule has 18 heteroatoms. The number of nitrogens with zero attached hydrogens (tertiary/aromatic N) is 3. The molecule has 0 aromatic carbocycles. The molecule has 2 aromatic heterocycles. The smallest absolute Gasteiger partial charge is 0.481 e. The van der Waals surface area contributed by atoms with E-state index in [4.69, 9.17) is 20.6 Å². The zero-order chi connectivity index (χ0) is 24.7. The van der Waals surface area contributed by atoms with Crippen LogP contribution in [0.25, 0.3) is 0 Å². The van der Waals surface area contributed by atoms with E-state index in [2.05, 4.69) is 18.8 Å². The van der Waals surface area contributed by atoms with Crippen LogP contribution in [0.4, 0.5) is 5.82 Å². The molecule has 1 atom stereocenters. The van der Waals surface area contributed by atoms with Gasteiger partial charge in [0.25, 0.3) is 0 Å². The highest BCUT2D eigenvalue weighted by atomic mass is 35.5. The summed E-state index contributed by atoms with van der Waals surface area (Å²) in [6, 6.07) is 0. The molecule has 1 unspecified atom stereocenters. The number of Topliss-reactive ketones (excluding diaryl/α,β-unsaturated/α-hetero) is 1. The van der Waals surface area contributed by atoms with Gasteiger partial charge in [0.2, 0.25) is 11.3 Å². The van der Waals surface area contributed by atoms with Crippen LogP contribution in [0.1, 0.15) is 28.9 Å². The lowest BCUT2D eigenvalue weighted by Crippen LogP contribution is -3.00. The Morgan fingerprint density at radius 1 is 1.24 bits per heavy atom. The molecule has 0 amide bonds. The van der Waals surface area contributed by atoms with Gasteiger partial charge in [0.1, 0.15) is 11.6 Å². The number of carbonyl (C=O) groups excluding carboxylic acids is 1. The first-order chi connectivity index (χ1) is 14.6. The molecule has 33 heavy (non-hydrogen) atoms. The summed E-state index contributed by atoms with van der Waals surface area (Å²) >= 11 is 1.40. The molecule has 0 aliphatic heterocycles. The number of aromatic nitrogens is 3. The summed E-state index contributed by atoms with van der Waals surface area (Å²) < 4.78 is 32.2. The van der Waals surface area contributed by atoms with Gasteiger partial charge in [-0.3, -0.25) is 9.32 Å². The molecule has 6 N–H and O–H groups in total. The van der Waals surface area contributed by atoms with E-state index in [1.54, 1.807) is 13.1 Å². The van der Waals surface area contributed by atoms with E-state index in [1.807, 2.05) is 17.0 Å². The fourth-order valence-corrected chi connectivity index (χ4v) is 4.64. The Hall–Kier alpha value is -1.80. The summed E-state index contributed by atoms with van der Waals surface area (Å²) in [6.45, 7) is 4.83. The van der Waals surface area contributed by atoms with Gasteiger partial charge in [-0.2, -0.15) is 8.88 Å². The van der Waals surface area contributed by atoms with Crippen molar-refractivity contribution in [1.29, 1.82) is 0 Å². The number of nitrogen functional groups attached to an aromatic ring is 1. The lowest BCUT2D eigenvalue weighted by atomic mass is 10.2. The van der Waals surface area contributed by atoms with Crippen molar-refractivity contribution in [2.75, 3.05) is 12.3 Å². The highest BCUT2D eigenvalue weighted by Gasteiger charge is 2.32. The predicted molar refractivity (Wildman–Crippen MR) is 110 cm³/mol. The standard InChI is InChI=1S/C12H18N4O7P2S.C3H4O3.ClH/c1-8-11(3-4-22-25(20,21)23-24(17,18)19)26-7-16(8)6-10-5-14-9(2)15-12(10)13;1-2(4)3(5)6;/h5,7H,3-4,6H2,1-2H3,(H4-,13,14,15,17,18,19,20,21);1H3,(H,5,6);1H. The van der Waals surface area contributed by atoms with Gasteiger partial charge in [0, 0.05) is 26.5 Å². The molecule has 0 aliphatic rings. The number of carboxylic acids is 1. The number of ketones is 1. The van der Waals surface area contributed by atoms with E-state index < -0.39 is 27.4 Å². The van der Waals surface area contributed by atoms with Gasteiger partial charge in [-0.1, -0.05) is 11.3 Å². The van der Waals surface area contributed by atoms with Crippen molar-refractivity contribution in [2.24, 2.45) is 0 Å². The number of hydrogen-bond donors (Lipinski definition) is 5. The van der Waals surface area contributed by atoms with Crippen LogP contribution in [0.2, 0.25) is 0 Å². The molecule has 0 bridgehead atoms. The lowest BCUT2D eigenvalue weighted by Gasteiger charge is -2.11. The predicted octanol–water partition coefficient (Wildman–Crippen LogP) is -2.49. The summed E-state index contributed by atoms with van der Waals surface area (Å²) in [5.74, 6) is -1.22. The Balaban J connectivity index is 0.00000129. The third-order valence-corrected chi connectivity index (χ3v) is 6.94. The van der Waals surface area contributed by atoms with Gasteiger partial charge < -0.3 is 37.9 Å². The van der Waals surface area contributed by atoms with Crippen LogP contribution in [-0.2, 0) is 40.5 Å². The van der Waals surface area contributed by atoms with Crippen molar-refractivity contribution in [1.82, 2.24) is 9.97 Å². The summed E-state index contributed by atoms with van der Waals surface area (Å²) in [6.07, 6.45) is 1.92. The maximum Gasteiger partial charge on any atom is 0.481 e. The lowest BCUT2D eigenvalue weighted by molar-refractivity contribution is -0.689. The first-order valence-corrected chi connectivity index (χ1v) is 12.5. The minimum absolute atomic E-state index is 0. The average Bonchev–Trinajstić information content (AvgIpc) is 2.96.